The van der Waals surface area contributed by atoms with Gasteiger partial charge in [-0.05, 0) is 177 Å². The van der Waals surface area contributed by atoms with Crippen molar-refractivity contribution < 1.29 is 0 Å². The Morgan fingerprint density at radius 3 is 1.21 bits per heavy atom. The Balaban J connectivity index is 1.17. The van der Waals surface area contributed by atoms with Gasteiger partial charge in [0, 0.05) is 68.1 Å². The third-order valence-electron chi connectivity index (χ3n) is 15.9. The zero-order valence-corrected chi connectivity index (χ0v) is 46.9. The Bertz CT molecular complexity index is 3730. The van der Waals surface area contributed by atoms with Crippen molar-refractivity contribution in [3.8, 4) is 11.1 Å². The lowest BCUT2D eigenvalue weighted by molar-refractivity contribution is 0.589. The molecule has 0 bridgehead atoms. The van der Waals surface area contributed by atoms with Crippen LogP contribution >= 0.6 is 0 Å². The average molecular weight is 1010 g/mol. The summed E-state index contributed by atoms with van der Waals surface area (Å²) in [7, 11) is 0. The van der Waals surface area contributed by atoms with E-state index in [0.717, 1.165) is 56.9 Å². The Labute approximate surface area is 464 Å². The predicted molar refractivity (Wildman–Crippen MR) is 336 cm³/mol. The highest BCUT2D eigenvalue weighted by Crippen LogP contribution is 2.50. The molecule has 0 saturated heterocycles. The van der Waals surface area contributed by atoms with E-state index in [4.69, 9.17) is 0 Å². The molecule has 2 heterocycles. The Morgan fingerprint density at radius 2 is 0.744 bits per heavy atom. The molecule has 0 spiro atoms. The molecule has 0 unspecified atom stereocenters. The molecule has 0 amide bonds. The first-order chi connectivity index (χ1) is 37.5. The minimum absolute atomic E-state index is 0.00270. The molecule has 5 heteroatoms. The van der Waals surface area contributed by atoms with Crippen molar-refractivity contribution in [2.45, 2.75) is 85.5 Å². The second-order valence-electron chi connectivity index (χ2n) is 24.4. The van der Waals surface area contributed by atoms with E-state index in [9.17, 15) is 0 Å². The van der Waals surface area contributed by atoms with E-state index < -0.39 is 0 Å². The van der Waals surface area contributed by atoms with E-state index in [1.54, 1.807) is 0 Å². The number of benzene rings is 10. The zero-order valence-electron chi connectivity index (χ0n) is 46.9. The van der Waals surface area contributed by atoms with Crippen LogP contribution in [0.2, 0.25) is 0 Å². The van der Waals surface area contributed by atoms with Gasteiger partial charge in [0.1, 0.15) is 0 Å². The summed E-state index contributed by atoms with van der Waals surface area (Å²) >= 11 is 0. The molecule has 0 aromatic heterocycles. The second-order valence-corrected chi connectivity index (χ2v) is 24.4. The smallest absolute Gasteiger partial charge is 0.252 e. The van der Waals surface area contributed by atoms with E-state index in [-0.39, 0.29) is 23.0 Å². The average Bonchev–Trinajstić information content (AvgIpc) is 3.58. The fraction of sp³-hybridized carbons (Fsp3) is 0.178. The molecular formula is C73H69BN4. The highest BCUT2D eigenvalue weighted by molar-refractivity contribution is 7.00. The summed E-state index contributed by atoms with van der Waals surface area (Å²) < 4.78 is 0. The van der Waals surface area contributed by atoms with Gasteiger partial charge in [-0.1, -0.05) is 190 Å². The van der Waals surface area contributed by atoms with Crippen LogP contribution in [0.4, 0.5) is 68.2 Å². The summed E-state index contributed by atoms with van der Waals surface area (Å²) in [5.41, 5.74) is 24.8. The van der Waals surface area contributed by atoms with Gasteiger partial charge >= 0.3 is 0 Å². The maximum Gasteiger partial charge on any atom is 0.252 e. The number of nitrogens with zero attached hydrogens (tertiary/aromatic N) is 4. The fourth-order valence-electron chi connectivity index (χ4n) is 11.8. The van der Waals surface area contributed by atoms with E-state index in [1.807, 2.05) is 0 Å². The summed E-state index contributed by atoms with van der Waals surface area (Å²) in [6.45, 7) is 23.0. The first-order valence-corrected chi connectivity index (χ1v) is 27.7. The lowest BCUT2D eigenvalue weighted by atomic mass is 9.33. The fourth-order valence-corrected chi connectivity index (χ4v) is 11.8. The summed E-state index contributed by atoms with van der Waals surface area (Å²) in [5.74, 6) is 0. The number of hydrogen-bond acceptors (Lipinski definition) is 4. The normalized spacial score (nSPS) is 12.9. The van der Waals surface area contributed by atoms with Crippen molar-refractivity contribution in [1.82, 2.24) is 0 Å². The van der Waals surface area contributed by atoms with E-state index >= 15 is 0 Å². The monoisotopic (exact) mass is 1010 g/mol. The van der Waals surface area contributed by atoms with Crippen LogP contribution < -0.4 is 36.0 Å². The lowest BCUT2D eigenvalue weighted by Crippen LogP contribution is -2.61. The molecule has 2 aliphatic rings. The highest BCUT2D eigenvalue weighted by atomic mass is 15.2. The van der Waals surface area contributed by atoms with Crippen LogP contribution in [0.1, 0.15) is 84.6 Å². The van der Waals surface area contributed by atoms with Crippen LogP contribution in [0, 0.1) is 6.92 Å². The quantitative estimate of drug-likeness (QED) is 0.134. The van der Waals surface area contributed by atoms with Gasteiger partial charge < -0.3 is 19.6 Å². The van der Waals surface area contributed by atoms with Gasteiger partial charge in [0.05, 0.1) is 5.69 Å². The van der Waals surface area contributed by atoms with Gasteiger partial charge in [-0.2, -0.15) is 0 Å². The van der Waals surface area contributed by atoms with Crippen molar-refractivity contribution in [2.75, 3.05) is 19.6 Å². The topological polar surface area (TPSA) is 13.0 Å². The third-order valence-corrected chi connectivity index (χ3v) is 15.9. The van der Waals surface area contributed by atoms with Crippen LogP contribution in [0.25, 0.3) is 11.1 Å². The summed E-state index contributed by atoms with van der Waals surface area (Å²) in [4.78, 5) is 9.97. The Hall–Kier alpha value is -8.54. The molecule has 0 saturated carbocycles. The number of rotatable bonds is 9. The van der Waals surface area contributed by atoms with Crippen molar-refractivity contribution in [3.63, 3.8) is 0 Å². The molecule has 0 aliphatic carbocycles. The van der Waals surface area contributed by atoms with E-state index in [1.165, 1.54) is 61.1 Å². The largest absolute Gasteiger partial charge is 0.311 e. The van der Waals surface area contributed by atoms with Gasteiger partial charge in [-0.15, -0.1) is 0 Å². The second kappa shape index (κ2) is 19.5. The Morgan fingerprint density at radius 1 is 0.321 bits per heavy atom. The van der Waals surface area contributed by atoms with Crippen molar-refractivity contribution in [1.29, 1.82) is 0 Å². The molecule has 2 aliphatic heterocycles. The van der Waals surface area contributed by atoms with E-state index in [0.29, 0.717) is 0 Å². The minimum Gasteiger partial charge on any atom is -0.311 e. The highest BCUT2D eigenvalue weighted by Gasteiger charge is 2.44. The van der Waals surface area contributed by atoms with Crippen molar-refractivity contribution in [2.24, 2.45) is 0 Å². The van der Waals surface area contributed by atoms with Gasteiger partial charge in [0.2, 0.25) is 0 Å². The molecule has 0 radical (unpaired) electrons. The standard InChI is InChI=1S/C73H69BN4/c1-50-44-68-70-69(45-50)78(65-43-36-54(73(8,9)10)47-62(65)51-24-23-25-53(46-51)72(5,6)7)67-49-61(76(57-30-19-13-20-31-57)58-32-21-14-22-33-58)40-42-64(67)74(70)63-41-39-60(75(55-26-15-11-16-27-55)56-28-17-12-18-29-56)48-66(63)77(68)59-37-34-52(35-38-59)71(2,3)4/h11-49H,1-10H3. The van der Waals surface area contributed by atoms with Crippen LogP contribution in [-0.2, 0) is 16.2 Å². The summed E-state index contributed by atoms with van der Waals surface area (Å²) in [6, 6.07) is 88.4. The lowest BCUT2D eigenvalue weighted by Gasteiger charge is -2.45. The van der Waals surface area contributed by atoms with Crippen molar-refractivity contribution in [3.05, 3.63) is 259 Å². The number of hydrogen-bond donors (Lipinski definition) is 0. The molecule has 384 valence electrons. The molecule has 10 aromatic rings. The van der Waals surface area contributed by atoms with Gasteiger partial charge in [0.25, 0.3) is 6.71 Å². The predicted octanol–water partition coefficient (Wildman–Crippen LogP) is 18.6. The number of para-hydroxylation sites is 4. The molecule has 0 N–H and O–H groups in total. The van der Waals surface area contributed by atoms with Crippen LogP contribution in [0.15, 0.2) is 237 Å². The number of aryl methyl sites for hydroxylation is 1. The molecule has 12 rings (SSSR count). The number of anilines is 12. The van der Waals surface area contributed by atoms with Crippen LogP contribution in [0.3, 0.4) is 0 Å². The third kappa shape index (κ3) is 9.15. The van der Waals surface area contributed by atoms with Gasteiger partial charge in [-0.25, -0.2) is 0 Å². The van der Waals surface area contributed by atoms with Crippen molar-refractivity contribution >= 4 is 91.3 Å². The molecule has 0 fully saturated rings. The minimum atomic E-state index is -0.102. The van der Waals surface area contributed by atoms with E-state index in [2.05, 4.69) is 325 Å². The molecule has 4 nitrogen and oxygen atoms in total. The molecule has 10 aromatic carbocycles. The molecule has 0 atom stereocenters. The number of fused-ring (bicyclic) bond motifs is 4. The first-order valence-electron chi connectivity index (χ1n) is 27.7. The summed E-state index contributed by atoms with van der Waals surface area (Å²) in [6.07, 6.45) is 0. The van der Waals surface area contributed by atoms with Gasteiger partial charge in [0.15, 0.2) is 0 Å². The van der Waals surface area contributed by atoms with Gasteiger partial charge in [-0.3, -0.25) is 0 Å². The summed E-state index contributed by atoms with van der Waals surface area (Å²) in [5, 5.41) is 0. The molecular weight excluding hydrogens is 944 g/mol. The SMILES string of the molecule is Cc1cc2c3c(c1)N(c1ccc(C(C)(C)C)cc1-c1cccc(C(C)(C)C)c1)c1cc(N(c4ccccc4)c4ccccc4)ccc1B3c1ccc(N(c3ccccc3)c3ccccc3)cc1N2c1ccc(C(C)(C)C)cc1. The Kier molecular flexibility index (Phi) is 12.6. The zero-order chi connectivity index (χ0) is 54.1. The maximum absolute atomic E-state index is 2.62. The maximum atomic E-state index is 2.62. The van der Waals surface area contributed by atoms with Crippen LogP contribution in [0.5, 0.6) is 0 Å². The molecule has 78 heavy (non-hydrogen) atoms. The first kappa shape index (κ1) is 50.3. The van der Waals surface area contributed by atoms with Crippen LogP contribution in [-0.4, -0.2) is 6.71 Å².